The van der Waals surface area contributed by atoms with E-state index in [1.165, 1.54) is 0 Å². The molecule has 1 aliphatic rings. The molecule has 2 N–H and O–H groups in total. The van der Waals surface area contributed by atoms with Gasteiger partial charge in [-0.1, -0.05) is 5.16 Å². The minimum atomic E-state index is 0.724. The number of aromatic nitrogens is 1. The molecule has 1 aromatic heterocycles. The molecular weight excluding hydrogens is 330 g/mol. The summed E-state index contributed by atoms with van der Waals surface area (Å²) in [5.74, 6) is 7.56. The number of rotatable bonds is 8. The standard InChI is InChI=1S/C19H29N5O2/c1-22(2)8-3-13-25-17-6-4-16(5-7-17)19-14-18(26-21-19)15-23-9-11-24(20)12-10-23/h4-7,14H,3,8-13,15,20H2,1-2H3. The van der Waals surface area contributed by atoms with Crippen LogP contribution in [0.2, 0.25) is 0 Å². The Labute approximate surface area is 155 Å². The van der Waals surface area contributed by atoms with Crippen molar-refractivity contribution in [3.63, 3.8) is 0 Å². The lowest BCUT2D eigenvalue weighted by atomic mass is 10.1. The van der Waals surface area contributed by atoms with E-state index in [9.17, 15) is 0 Å². The van der Waals surface area contributed by atoms with E-state index in [1.54, 1.807) is 0 Å². The van der Waals surface area contributed by atoms with E-state index in [0.29, 0.717) is 0 Å². The first-order valence-electron chi connectivity index (χ1n) is 9.16. The second-order valence-electron chi connectivity index (χ2n) is 7.02. The molecule has 1 aliphatic heterocycles. The third kappa shape index (κ3) is 5.54. The topological polar surface area (TPSA) is 71.0 Å². The Kier molecular flexibility index (Phi) is 6.62. The largest absolute Gasteiger partial charge is 0.494 e. The van der Waals surface area contributed by atoms with Crippen LogP contribution in [0.5, 0.6) is 5.75 Å². The maximum atomic E-state index is 5.79. The monoisotopic (exact) mass is 359 g/mol. The fourth-order valence-corrected chi connectivity index (χ4v) is 2.96. The normalized spacial score (nSPS) is 16.3. The van der Waals surface area contributed by atoms with Crippen molar-refractivity contribution in [2.75, 3.05) is 53.4 Å². The van der Waals surface area contributed by atoms with Gasteiger partial charge in [-0.2, -0.15) is 0 Å². The molecule has 0 spiro atoms. The Morgan fingerprint density at radius 1 is 1.15 bits per heavy atom. The molecule has 0 amide bonds. The molecule has 3 rings (SSSR count). The smallest absolute Gasteiger partial charge is 0.151 e. The van der Waals surface area contributed by atoms with Gasteiger partial charge in [0.05, 0.1) is 13.2 Å². The Morgan fingerprint density at radius 3 is 2.58 bits per heavy atom. The summed E-state index contributed by atoms with van der Waals surface area (Å²) >= 11 is 0. The van der Waals surface area contributed by atoms with Crippen LogP contribution in [-0.2, 0) is 6.54 Å². The average Bonchev–Trinajstić information content (AvgIpc) is 3.10. The third-order valence-electron chi connectivity index (χ3n) is 4.51. The minimum absolute atomic E-state index is 0.724. The van der Waals surface area contributed by atoms with Crippen LogP contribution in [0.25, 0.3) is 11.3 Å². The number of hydrogen-bond acceptors (Lipinski definition) is 7. The molecule has 1 fully saturated rings. The van der Waals surface area contributed by atoms with Gasteiger partial charge in [0.25, 0.3) is 0 Å². The molecule has 26 heavy (non-hydrogen) atoms. The number of hydrazine groups is 1. The van der Waals surface area contributed by atoms with Gasteiger partial charge in [0.15, 0.2) is 5.76 Å². The van der Waals surface area contributed by atoms with Crippen LogP contribution in [0.4, 0.5) is 0 Å². The lowest BCUT2D eigenvalue weighted by molar-refractivity contribution is 0.119. The molecule has 1 aromatic carbocycles. The summed E-state index contributed by atoms with van der Waals surface area (Å²) < 4.78 is 11.3. The van der Waals surface area contributed by atoms with Gasteiger partial charge in [0.1, 0.15) is 11.4 Å². The minimum Gasteiger partial charge on any atom is -0.494 e. The second-order valence-corrected chi connectivity index (χ2v) is 7.02. The summed E-state index contributed by atoms with van der Waals surface area (Å²) in [5.41, 5.74) is 1.89. The Hall–Kier alpha value is -1.93. The SMILES string of the molecule is CN(C)CCCOc1ccc(-c2cc(CN3CCN(N)CC3)on2)cc1. The maximum Gasteiger partial charge on any atom is 0.151 e. The van der Waals surface area contributed by atoms with Gasteiger partial charge in [-0.15, -0.1) is 0 Å². The van der Waals surface area contributed by atoms with E-state index < -0.39 is 0 Å². The summed E-state index contributed by atoms with van der Waals surface area (Å²) in [6.45, 7) is 6.20. The fraction of sp³-hybridized carbons (Fsp3) is 0.526. The predicted octanol–water partition coefficient (Wildman–Crippen LogP) is 1.66. The van der Waals surface area contributed by atoms with E-state index in [1.807, 2.05) is 35.3 Å². The van der Waals surface area contributed by atoms with Crippen molar-refractivity contribution in [1.29, 1.82) is 0 Å². The van der Waals surface area contributed by atoms with E-state index in [4.69, 9.17) is 15.1 Å². The van der Waals surface area contributed by atoms with Crippen molar-refractivity contribution < 1.29 is 9.26 Å². The van der Waals surface area contributed by atoms with E-state index in [-0.39, 0.29) is 0 Å². The Morgan fingerprint density at radius 2 is 1.88 bits per heavy atom. The quantitative estimate of drug-likeness (QED) is 0.568. The third-order valence-corrected chi connectivity index (χ3v) is 4.51. The summed E-state index contributed by atoms with van der Waals surface area (Å²) in [7, 11) is 4.14. The fourth-order valence-electron chi connectivity index (χ4n) is 2.96. The Bertz CT molecular complexity index is 663. The van der Waals surface area contributed by atoms with Crippen LogP contribution in [-0.4, -0.2) is 73.4 Å². The number of benzene rings is 1. The van der Waals surface area contributed by atoms with Gasteiger partial charge in [-0.3, -0.25) is 10.7 Å². The van der Waals surface area contributed by atoms with Gasteiger partial charge in [-0.05, 0) is 44.8 Å². The van der Waals surface area contributed by atoms with Gasteiger partial charge < -0.3 is 14.2 Å². The highest BCUT2D eigenvalue weighted by Gasteiger charge is 2.16. The maximum absolute atomic E-state index is 5.79. The number of nitrogens with zero attached hydrogens (tertiary/aromatic N) is 4. The second kappa shape index (κ2) is 9.14. The molecule has 7 nitrogen and oxygen atoms in total. The van der Waals surface area contributed by atoms with Crippen molar-refractivity contribution in [3.8, 4) is 17.0 Å². The molecule has 2 heterocycles. The van der Waals surface area contributed by atoms with Crippen molar-refractivity contribution in [3.05, 3.63) is 36.1 Å². The molecule has 142 valence electrons. The van der Waals surface area contributed by atoms with Gasteiger partial charge in [-0.25, -0.2) is 5.01 Å². The predicted molar refractivity (Wildman–Crippen MR) is 102 cm³/mol. The summed E-state index contributed by atoms with van der Waals surface area (Å²) in [5, 5.41) is 6.06. The zero-order chi connectivity index (χ0) is 18.4. The number of ether oxygens (including phenoxy) is 1. The lowest BCUT2D eigenvalue weighted by Crippen LogP contribution is -2.48. The molecule has 2 aromatic rings. The molecule has 0 atom stereocenters. The van der Waals surface area contributed by atoms with Crippen LogP contribution in [0.3, 0.4) is 0 Å². The molecule has 0 aliphatic carbocycles. The first kappa shape index (κ1) is 18.8. The first-order chi connectivity index (χ1) is 12.6. The van der Waals surface area contributed by atoms with Crippen LogP contribution in [0.15, 0.2) is 34.9 Å². The highest BCUT2D eigenvalue weighted by atomic mass is 16.5. The van der Waals surface area contributed by atoms with E-state index in [0.717, 1.165) is 75.1 Å². The lowest BCUT2D eigenvalue weighted by Gasteiger charge is -2.30. The summed E-state index contributed by atoms with van der Waals surface area (Å²) in [6, 6.07) is 10.0. The summed E-state index contributed by atoms with van der Waals surface area (Å²) in [6.07, 6.45) is 1.01. The molecule has 0 bridgehead atoms. The molecule has 0 unspecified atom stereocenters. The molecule has 0 radical (unpaired) electrons. The van der Waals surface area contributed by atoms with Crippen LogP contribution >= 0.6 is 0 Å². The molecule has 1 saturated heterocycles. The first-order valence-corrected chi connectivity index (χ1v) is 9.16. The van der Waals surface area contributed by atoms with Crippen molar-refractivity contribution in [2.24, 2.45) is 5.84 Å². The van der Waals surface area contributed by atoms with E-state index >= 15 is 0 Å². The van der Waals surface area contributed by atoms with Crippen LogP contribution < -0.4 is 10.6 Å². The van der Waals surface area contributed by atoms with Crippen molar-refractivity contribution in [1.82, 2.24) is 20.0 Å². The highest BCUT2D eigenvalue weighted by Crippen LogP contribution is 2.23. The van der Waals surface area contributed by atoms with E-state index in [2.05, 4.69) is 29.1 Å². The number of hydrogen-bond donors (Lipinski definition) is 1. The van der Waals surface area contributed by atoms with Crippen LogP contribution in [0, 0.1) is 0 Å². The molecular formula is C19H29N5O2. The molecule has 0 saturated carbocycles. The summed E-state index contributed by atoms with van der Waals surface area (Å²) in [4.78, 5) is 4.49. The van der Waals surface area contributed by atoms with Gasteiger partial charge >= 0.3 is 0 Å². The van der Waals surface area contributed by atoms with Crippen LogP contribution in [0.1, 0.15) is 12.2 Å². The number of nitrogens with two attached hydrogens (primary N) is 1. The zero-order valence-corrected chi connectivity index (χ0v) is 15.7. The highest BCUT2D eigenvalue weighted by molar-refractivity contribution is 5.59. The molecule has 7 heteroatoms. The zero-order valence-electron chi connectivity index (χ0n) is 15.7. The van der Waals surface area contributed by atoms with Crippen molar-refractivity contribution >= 4 is 0 Å². The number of piperazine rings is 1. The van der Waals surface area contributed by atoms with Crippen molar-refractivity contribution in [2.45, 2.75) is 13.0 Å². The van der Waals surface area contributed by atoms with Gasteiger partial charge in [0, 0.05) is 44.4 Å². The Balaban J connectivity index is 1.50. The average molecular weight is 359 g/mol. The van der Waals surface area contributed by atoms with Gasteiger partial charge in [0.2, 0.25) is 0 Å².